The van der Waals surface area contributed by atoms with Gasteiger partial charge < -0.3 is 0 Å². The highest BCUT2D eigenvalue weighted by molar-refractivity contribution is 7.92. The number of hydrazone groups is 1. The van der Waals surface area contributed by atoms with Gasteiger partial charge in [-0.25, -0.2) is 13.8 Å². The molecule has 1 N–H and O–H groups in total. The second-order valence-corrected chi connectivity index (χ2v) is 9.26. The van der Waals surface area contributed by atoms with E-state index >= 15 is 0 Å². The molecule has 0 saturated carbocycles. The molecule has 1 amide bonds. The molecule has 3 aromatic carbocycles. The number of hydrogen-bond acceptors (Lipinski definition) is 4. The molecular formula is C24H25N3O3S. The number of aryl methyl sites for hydroxylation is 2. The first kappa shape index (κ1) is 22.2. The predicted molar refractivity (Wildman–Crippen MR) is 125 cm³/mol. The Morgan fingerprint density at radius 3 is 2.23 bits per heavy atom. The van der Waals surface area contributed by atoms with E-state index in [1.807, 2.05) is 62.4 Å². The standard InChI is InChI=1S/C24H25N3O3S/c1-18-8-10-20(11-9-18)16-25-26-24(28)21-12-14-23(15-13-21)27(31(3,29)30)17-22-7-5-4-6-19(22)2/h4-16H,17H2,1-3H3,(H,26,28)/b25-16-. The normalized spacial score (nSPS) is 11.5. The van der Waals surface area contributed by atoms with Crippen LogP contribution >= 0.6 is 0 Å². The van der Waals surface area contributed by atoms with Crippen LogP contribution in [0.1, 0.15) is 32.6 Å². The van der Waals surface area contributed by atoms with Crippen molar-refractivity contribution in [1.82, 2.24) is 5.43 Å². The molecule has 0 aliphatic heterocycles. The highest BCUT2D eigenvalue weighted by Crippen LogP contribution is 2.22. The molecule has 7 heteroatoms. The summed E-state index contributed by atoms with van der Waals surface area (Å²) in [6, 6.07) is 21.8. The van der Waals surface area contributed by atoms with E-state index < -0.39 is 10.0 Å². The largest absolute Gasteiger partial charge is 0.271 e. The van der Waals surface area contributed by atoms with Gasteiger partial charge in [-0.1, -0.05) is 54.1 Å². The van der Waals surface area contributed by atoms with Crippen LogP contribution in [0.5, 0.6) is 0 Å². The molecule has 0 fully saturated rings. The summed E-state index contributed by atoms with van der Waals surface area (Å²) in [4.78, 5) is 12.3. The van der Waals surface area contributed by atoms with Gasteiger partial charge in [0.15, 0.2) is 0 Å². The van der Waals surface area contributed by atoms with Crippen LogP contribution in [0.15, 0.2) is 77.9 Å². The van der Waals surface area contributed by atoms with E-state index in [0.29, 0.717) is 11.3 Å². The fourth-order valence-corrected chi connectivity index (χ4v) is 3.88. The molecule has 0 radical (unpaired) electrons. The van der Waals surface area contributed by atoms with Crippen molar-refractivity contribution in [1.29, 1.82) is 0 Å². The van der Waals surface area contributed by atoms with Crippen LogP contribution in [0.4, 0.5) is 5.69 Å². The summed E-state index contributed by atoms with van der Waals surface area (Å²) in [6.07, 6.45) is 2.74. The van der Waals surface area contributed by atoms with Crippen molar-refractivity contribution in [2.75, 3.05) is 10.6 Å². The number of nitrogens with zero attached hydrogens (tertiary/aromatic N) is 2. The summed E-state index contributed by atoms with van der Waals surface area (Å²) in [5, 5.41) is 3.98. The Bertz CT molecular complexity index is 1190. The van der Waals surface area contributed by atoms with Crippen molar-refractivity contribution in [2.24, 2.45) is 5.10 Å². The monoisotopic (exact) mass is 435 g/mol. The molecule has 3 rings (SSSR count). The van der Waals surface area contributed by atoms with Gasteiger partial charge in [0, 0.05) is 5.56 Å². The van der Waals surface area contributed by atoms with Gasteiger partial charge >= 0.3 is 0 Å². The molecule has 0 bridgehead atoms. The molecule has 0 aliphatic carbocycles. The fourth-order valence-electron chi connectivity index (χ4n) is 3.00. The Labute approximate surface area is 183 Å². The lowest BCUT2D eigenvalue weighted by Crippen LogP contribution is -2.29. The molecular weight excluding hydrogens is 410 g/mol. The van der Waals surface area contributed by atoms with Gasteiger partial charge in [0.2, 0.25) is 10.0 Å². The minimum absolute atomic E-state index is 0.220. The third-order valence-electron chi connectivity index (χ3n) is 4.85. The number of sulfonamides is 1. The minimum atomic E-state index is -3.50. The Morgan fingerprint density at radius 1 is 0.968 bits per heavy atom. The van der Waals surface area contributed by atoms with Gasteiger partial charge in [-0.2, -0.15) is 5.10 Å². The minimum Gasteiger partial charge on any atom is -0.267 e. The van der Waals surface area contributed by atoms with E-state index in [1.165, 1.54) is 10.6 Å². The zero-order valence-corrected chi connectivity index (χ0v) is 18.6. The Morgan fingerprint density at radius 2 is 1.61 bits per heavy atom. The van der Waals surface area contributed by atoms with E-state index in [2.05, 4.69) is 10.5 Å². The maximum atomic E-state index is 12.4. The van der Waals surface area contributed by atoms with Crippen LogP contribution in [-0.2, 0) is 16.6 Å². The number of amides is 1. The fraction of sp³-hybridized carbons (Fsp3) is 0.167. The van der Waals surface area contributed by atoms with Gasteiger partial charge in [0.05, 0.1) is 24.7 Å². The van der Waals surface area contributed by atoms with Crippen molar-refractivity contribution in [2.45, 2.75) is 20.4 Å². The molecule has 0 atom stereocenters. The molecule has 0 aliphatic rings. The molecule has 3 aromatic rings. The van der Waals surface area contributed by atoms with Crippen molar-refractivity contribution in [3.63, 3.8) is 0 Å². The van der Waals surface area contributed by atoms with Crippen molar-refractivity contribution >= 4 is 27.8 Å². The molecule has 6 nitrogen and oxygen atoms in total. The number of anilines is 1. The first-order chi connectivity index (χ1) is 14.7. The molecule has 160 valence electrons. The van der Waals surface area contributed by atoms with Crippen LogP contribution in [0.2, 0.25) is 0 Å². The van der Waals surface area contributed by atoms with Crippen LogP contribution in [-0.4, -0.2) is 26.8 Å². The molecule has 0 spiro atoms. The smallest absolute Gasteiger partial charge is 0.267 e. The Hall–Kier alpha value is -3.45. The van der Waals surface area contributed by atoms with Crippen molar-refractivity contribution in [3.8, 4) is 0 Å². The van der Waals surface area contributed by atoms with E-state index in [4.69, 9.17) is 0 Å². The topological polar surface area (TPSA) is 78.8 Å². The summed E-state index contributed by atoms with van der Waals surface area (Å²) in [7, 11) is -3.50. The lowest BCUT2D eigenvalue weighted by atomic mass is 10.1. The highest BCUT2D eigenvalue weighted by atomic mass is 32.2. The SMILES string of the molecule is Cc1ccc(/C=N\NC(=O)c2ccc(N(Cc3ccccc3C)S(C)(=O)=O)cc2)cc1. The lowest BCUT2D eigenvalue weighted by molar-refractivity contribution is 0.0955. The van der Waals surface area contributed by atoms with E-state index in [0.717, 1.165) is 22.3 Å². The van der Waals surface area contributed by atoms with Crippen molar-refractivity contribution < 1.29 is 13.2 Å². The average molecular weight is 436 g/mol. The van der Waals surface area contributed by atoms with Gasteiger partial charge in [0.25, 0.3) is 5.91 Å². The lowest BCUT2D eigenvalue weighted by Gasteiger charge is -2.23. The van der Waals surface area contributed by atoms with E-state index in [1.54, 1.807) is 30.5 Å². The zero-order chi connectivity index (χ0) is 22.4. The molecule has 31 heavy (non-hydrogen) atoms. The molecule has 0 aromatic heterocycles. The predicted octanol–water partition coefficient (Wildman–Crippen LogP) is 4.03. The third-order valence-corrected chi connectivity index (χ3v) is 5.99. The van der Waals surface area contributed by atoms with E-state index in [9.17, 15) is 13.2 Å². The number of carbonyl (C=O) groups excluding carboxylic acids is 1. The average Bonchev–Trinajstić information content (AvgIpc) is 2.74. The quantitative estimate of drug-likeness (QED) is 0.449. The summed E-state index contributed by atoms with van der Waals surface area (Å²) in [6.45, 7) is 4.16. The van der Waals surface area contributed by atoms with E-state index in [-0.39, 0.29) is 12.5 Å². The number of rotatable bonds is 7. The van der Waals surface area contributed by atoms with Crippen molar-refractivity contribution in [3.05, 3.63) is 101 Å². The maximum absolute atomic E-state index is 12.4. The maximum Gasteiger partial charge on any atom is 0.271 e. The molecule has 0 unspecified atom stereocenters. The van der Waals surface area contributed by atoms with Crippen LogP contribution in [0.3, 0.4) is 0 Å². The van der Waals surface area contributed by atoms with Crippen LogP contribution in [0, 0.1) is 13.8 Å². The third kappa shape index (κ3) is 6.02. The summed E-state index contributed by atoms with van der Waals surface area (Å²) < 4.78 is 26.1. The zero-order valence-electron chi connectivity index (χ0n) is 17.7. The van der Waals surface area contributed by atoms with Gasteiger partial charge in [0.1, 0.15) is 0 Å². The first-order valence-electron chi connectivity index (χ1n) is 9.76. The summed E-state index contributed by atoms with van der Waals surface area (Å²) in [5.41, 5.74) is 7.31. The van der Waals surface area contributed by atoms with Gasteiger partial charge in [-0.05, 0) is 54.8 Å². The van der Waals surface area contributed by atoms with Crippen LogP contribution < -0.4 is 9.73 Å². The van der Waals surface area contributed by atoms with Gasteiger partial charge in [-0.15, -0.1) is 0 Å². The Balaban J connectivity index is 1.72. The Kier molecular flexibility index (Phi) is 6.87. The number of nitrogens with one attached hydrogen (secondary N) is 1. The second kappa shape index (κ2) is 9.57. The molecule has 0 heterocycles. The highest BCUT2D eigenvalue weighted by Gasteiger charge is 2.19. The summed E-state index contributed by atoms with van der Waals surface area (Å²) >= 11 is 0. The van der Waals surface area contributed by atoms with Crippen LogP contribution in [0.25, 0.3) is 0 Å². The summed E-state index contributed by atoms with van der Waals surface area (Å²) in [5.74, 6) is -0.375. The van der Waals surface area contributed by atoms with Gasteiger partial charge in [-0.3, -0.25) is 9.10 Å². The molecule has 0 saturated heterocycles. The first-order valence-corrected chi connectivity index (χ1v) is 11.6. The number of hydrogen-bond donors (Lipinski definition) is 1. The number of carbonyl (C=O) groups is 1. The number of benzene rings is 3. The second-order valence-electron chi connectivity index (χ2n) is 7.35.